The lowest BCUT2D eigenvalue weighted by molar-refractivity contribution is 0.0349. The quantitative estimate of drug-likeness (QED) is 0.434. The summed E-state index contributed by atoms with van der Waals surface area (Å²) >= 11 is 0. The highest BCUT2D eigenvalue weighted by molar-refractivity contribution is 5.82. The van der Waals surface area contributed by atoms with E-state index in [4.69, 9.17) is 4.74 Å². The van der Waals surface area contributed by atoms with Crippen LogP contribution in [0, 0.1) is 0 Å². The first-order valence-electron chi connectivity index (χ1n) is 9.15. The minimum Gasteiger partial charge on any atom is -0.369 e. The van der Waals surface area contributed by atoms with Gasteiger partial charge >= 0.3 is 0 Å². The summed E-state index contributed by atoms with van der Waals surface area (Å²) in [5, 5.41) is 1.23. The third-order valence-electron chi connectivity index (χ3n) is 4.80. The molecule has 0 aliphatic rings. The van der Waals surface area contributed by atoms with E-state index in [0.717, 1.165) is 12.8 Å². The number of hydrogen-bond acceptors (Lipinski definition) is 1. The molecule has 0 saturated heterocycles. The molecule has 26 heavy (non-hydrogen) atoms. The van der Waals surface area contributed by atoms with Crippen molar-refractivity contribution in [3.63, 3.8) is 0 Å². The van der Waals surface area contributed by atoms with Gasteiger partial charge < -0.3 is 9.72 Å². The smallest absolute Gasteiger partial charge is 0.0852 e. The molecule has 1 unspecified atom stereocenters. The Hall–Kier alpha value is -2.84. The van der Waals surface area contributed by atoms with Crippen molar-refractivity contribution in [2.24, 2.45) is 0 Å². The van der Waals surface area contributed by atoms with Crippen LogP contribution in [0.1, 0.15) is 29.2 Å². The Morgan fingerprint density at radius 2 is 1.46 bits per heavy atom. The van der Waals surface area contributed by atoms with E-state index in [0.29, 0.717) is 6.61 Å². The van der Waals surface area contributed by atoms with Gasteiger partial charge in [-0.3, -0.25) is 0 Å². The molecule has 0 aliphatic heterocycles. The number of aromatic amines is 1. The topological polar surface area (TPSA) is 25.0 Å². The van der Waals surface area contributed by atoms with E-state index < -0.39 is 0 Å². The average Bonchev–Trinajstić information content (AvgIpc) is 3.19. The third-order valence-corrected chi connectivity index (χ3v) is 4.80. The maximum atomic E-state index is 6.39. The zero-order valence-corrected chi connectivity index (χ0v) is 14.8. The Bertz CT molecular complexity index is 900. The van der Waals surface area contributed by atoms with Gasteiger partial charge in [0.25, 0.3) is 0 Å². The number of aromatic nitrogens is 1. The summed E-state index contributed by atoms with van der Waals surface area (Å²) in [4.78, 5) is 3.39. The monoisotopic (exact) mass is 341 g/mol. The maximum absolute atomic E-state index is 6.39. The Morgan fingerprint density at radius 3 is 2.23 bits per heavy atom. The molecule has 0 fully saturated rings. The lowest BCUT2D eigenvalue weighted by atomic mass is 9.99. The van der Waals surface area contributed by atoms with Gasteiger partial charge in [0.15, 0.2) is 0 Å². The van der Waals surface area contributed by atoms with E-state index in [1.165, 1.54) is 27.6 Å². The summed E-state index contributed by atoms with van der Waals surface area (Å²) in [6, 6.07) is 29.6. The van der Waals surface area contributed by atoms with E-state index in [-0.39, 0.29) is 6.10 Å². The van der Waals surface area contributed by atoms with Crippen LogP contribution in [0.4, 0.5) is 0 Å². The first-order chi connectivity index (χ1) is 12.9. The molecule has 4 aromatic rings. The fourth-order valence-electron chi connectivity index (χ4n) is 3.42. The minimum atomic E-state index is 0.0535. The number of aryl methyl sites for hydroxylation is 1. The lowest BCUT2D eigenvalue weighted by Crippen LogP contribution is -2.07. The molecule has 0 bridgehead atoms. The van der Waals surface area contributed by atoms with Gasteiger partial charge in [0, 0.05) is 11.8 Å². The summed E-state index contributed by atoms with van der Waals surface area (Å²) < 4.78 is 6.39. The van der Waals surface area contributed by atoms with Crippen LogP contribution in [0.3, 0.4) is 0 Å². The largest absolute Gasteiger partial charge is 0.369 e. The fourth-order valence-corrected chi connectivity index (χ4v) is 3.42. The minimum absolute atomic E-state index is 0.0535. The molecule has 3 aromatic carbocycles. The number of hydrogen-bond donors (Lipinski definition) is 1. The fraction of sp³-hybridized carbons (Fsp3) is 0.167. The molecule has 0 aliphatic carbocycles. The van der Waals surface area contributed by atoms with Crippen LogP contribution in [0.2, 0.25) is 0 Å². The van der Waals surface area contributed by atoms with Crippen molar-refractivity contribution in [2.75, 3.05) is 0 Å². The third kappa shape index (κ3) is 3.87. The lowest BCUT2D eigenvalue weighted by Gasteiger charge is -2.20. The zero-order chi connectivity index (χ0) is 17.6. The molecule has 1 atom stereocenters. The van der Waals surface area contributed by atoms with E-state index in [2.05, 4.69) is 83.8 Å². The Labute approximate surface area is 154 Å². The summed E-state index contributed by atoms with van der Waals surface area (Å²) in [7, 11) is 0. The number of rotatable bonds is 7. The average molecular weight is 341 g/mol. The number of ether oxygens (including phenoxy) is 1. The van der Waals surface area contributed by atoms with Crippen LogP contribution < -0.4 is 0 Å². The van der Waals surface area contributed by atoms with Gasteiger partial charge in [0.2, 0.25) is 0 Å². The first-order valence-corrected chi connectivity index (χ1v) is 9.15. The molecule has 4 rings (SSSR count). The number of fused-ring (bicyclic) bond motifs is 1. The Balaban J connectivity index is 1.57. The van der Waals surface area contributed by atoms with Gasteiger partial charge in [0.1, 0.15) is 0 Å². The van der Waals surface area contributed by atoms with Crippen molar-refractivity contribution in [3.05, 3.63) is 108 Å². The molecule has 1 aromatic heterocycles. The van der Waals surface area contributed by atoms with Gasteiger partial charge in [-0.25, -0.2) is 0 Å². The summed E-state index contributed by atoms with van der Waals surface area (Å²) in [5.74, 6) is 0. The second-order valence-corrected chi connectivity index (χ2v) is 6.60. The molecular formula is C24H23NO. The van der Waals surface area contributed by atoms with Gasteiger partial charge in [-0.15, -0.1) is 0 Å². The number of nitrogens with one attached hydrogen (secondary N) is 1. The number of H-pyrrole nitrogens is 1. The van der Waals surface area contributed by atoms with Crippen LogP contribution in [0.25, 0.3) is 10.9 Å². The van der Waals surface area contributed by atoms with Crippen molar-refractivity contribution < 1.29 is 4.74 Å². The van der Waals surface area contributed by atoms with Crippen LogP contribution in [0.5, 0.6) is 0 Å². The first kappa shape index (κ1) is 16.6. The van der Waals surface area contributed by atoms with E-state index in [9.17, 15) is 0 Å². The van der Waals surface area contributed by atoms with Crippen molar-refractivity contribution in [2.45, 2.75) is 25.6 Å². The van der Waals surface area contributed by atoms with Crippen molar-refractivity contribution >= 4 is 10.9 Å². The highest BCUT2D eigenvalue weighted by atomic mass is 16.5. The van der Waals surface area contributed by atoms with Gasteiger partial charge in [0.05, 0.1) is 18.2 Å². The second-order valence-electron chi connectivity index (χ2n) is 6.60. The van der Waals surface area contributed by atoms with Crippen molar-refractivity contribution in [1.29, 1.82) is 0 Å². The standard InChI is InChI=1S/C24H23NO/c1-3-8-19(9-4-1)14-15-23(26-18-20-10-5-2-6-11-20)22-13-7-12-21-16-17-25-24(21)22/h1-13,16-17,23,25H,14-15,18H2. The second kappa shape index (κ2) is 8.03. The van der Waals surface area contributed by atoms with Gasteiger partial charge in [-0.1, -0.05) is 78.9 Å². The van der Waals surface area contributed by atoms with E-state index >= 15 is 0 Å². The molecule has 0 amide bonds. The zero-order valence-electron chi connectivity index (χ0n) is 14.8. The molecule has 0 radical (unpaired) electrons. The number of para-hydroxylation sites is 1. The molecule has 0 spiro atoms. The molecule has 2 nitrogen and oxygen atoms in total. The molecular weight excluding hydrogens is 318 g/mol. The van der Waals surface area contributed by atoms with Crippen LogP contribution in [-0.2, 0) is 17.8 Å². The van der Waals surface area contributed by atoms with Gasteiger partial charge in [-0.05, 0) is 35.4 Å². The van der Waals surface area contributed by atoms with Crippen molar-refractivity contribution in [3.8, 4) is 0 Å². The molecule has 2 heteroatoms. The van der Waals surface area contributed by atoms with Crippen LogP contribution >= 0.6 is 0 Å². The summed E-state index contributed by atoms with van der Waals surface area (Å²) in [6.07, 6.45) is 4.00. The van der Waals surface area contributed by atoms with Crippen LogP contribution in [0.15, 0.2) is 91.1 Å². The molecule has 1 N–H and O–H groups in total. The Kier molecular flexibility index (Phi) is 5.13. The summed E-state index contributed by atoms with van der Waals surface area (Å²) in [6.45, 7) is 0.622. The molecule has 1 heterocycles. The van der Waals surface area contributed by atoms with Crippen LogP contribution in [-0.4, -0.2) is 4.98 Å². The van der Waals surface area contributed by atoms with Crippen molar-refractivity contribution in [1.82, 2.24) is 4.98 Å². The maximum Gasteiger partial charge on any atom is 0.0852 e. The SMILES string of the molecule is c1ccc(CCC(OCc2ccccc2)c2cccc3cc[nH]c23)cc1. The highest BCUT2D eigenvalue weighted by Crippen LogP contribution is 2.30. The van der Waals surface area contributed by atoms with E-state index in [1.807, 2.05) is 12.3 Å². The number of benzene rings is 3. The Morgan fingerprint density at radius 1 is 0.731 bits per heavy atom. The normalized spacial score (nSPS) is 12.3. The van der Waals surface area contributed by atoms with E-state index in [1.54, 1.807) is 0 Å². The predicted octanol–water partition coefficient (Wildman–Crippen LogP) is 6.06. The molecule has 130 valence electrons. The summed E-state index contributed by atoms with van der Waals surface area (Å²) in [5.41, 5.74) is 4.97. The predicted molar refractivity (Wildman–Crippen MR) is 107 cm³/mol. The molecule has 0 saturated carbocycles. The van der Waals surface area contributed by atoms with Gasteiger partial charge in [-0.2, -0.15) is 0 Å². The highest BCUT2D eigenvalue weighted by Gasteiger charge is 2.16.